The third-order valence-corrected chi connectivity index (χ3v) is 5.26. The fourth-order valence-electron chi connectivity index (χ4n) is 3.74. The normalized spacial score (nSPS) is 20.1. The number of likely N-dealkylation sites (tertiary alicyclic amines) is 1. The van der Waals surface area contributed by atoms with Crippen LogP contribution in [0.3, 0.4) is 0 Å². The number of amides is 1. The van der Waals surface area contributed by atoms with Gasteiger partial charge in [0.1, 0.15) is 6.04 Å². The molecule has 1 N–H and O–H groups in total. The summed E-state index contributed by atoms with van der Waals surface area (Å²) < 4.78 is 1.55. The molecule has 0 aliphatic carbocycles. The fourth-order valence-corrected chi connectivity index (χ4v) is 3.74. The molecule has 4 rings (SSSR count). The Kier molecular flexibility index (Phi) is 4.89. The summed E-state index contributed by atoms with van der Waals surface area (Å²) in [6.07, 6.45) is 5.52. The number of hydrogen-bond acceptors (Lipinski definition) is 6. The van der Waals surface area contributed by atoms with E-state index < -0.39 is 0 Å². The molecule has 0 saturated carbocycles. The minimum Gasteiger partial charge on any atom is -0.341 e. The lowest BCUT2D eigenvalue weighted by Crippen LogP contribution is -2.58. The maximum atomic E-state index is 12.8. The molecule has 1 amide bonds. The molecule has 142 valence electrons. The highest BCUT2D eigenvalue weighted by molar-refractivity contribution is 5.83. The highest BCUT2D eigenvalue weighted by Crippen LogP contribution is 2.19. The summed E-state index contributed by atoms with van der Waals surface area (Å²) in [4.78, 5) is 38.0. The van der Waals surface area contributed by atoms with Gasteiger partial charge in [0.2, 0.25) is 11.9 Å². The summed E-state index contributed by atoms with van der Waals surface area (Å²) in [5.41, 5.74) is 1.35. The van der Waals surface area contributed by atoms with Gasteiger partial charge in [0.15, 0.2) is 0 Å². The van der Waals surface area contributed by atoms with Gasteiger partial charge in [-0.2, -0.15) is 0 Å². The van der Waals surface area contributed by atoms with E-state index in [4.69, 9.17) is 4.98 Å². The van der Waals surface area contributed by atoms with Crippen LogP contribution in [0.5, 0.6) is 0 Å². The summed E-state index contributed by atoms with van der Waals surface area (Å²) in [5, 5.41) is 3.32. The van der Waals surface area contributed by atoms with Gasteiger partial charge in [0, 0.05) is 63.8 Å². The van der Waals surface area contributed by atoms with Gasteiger partial charge in [-0.3, -0.25) is 19.1 Å². The second kappa shape index (κ2) is 7.48. The summed E-state index contributed by atoms with van der Waals surface area (Å²) in [6, 6.07) is 4.94. The molecule has 2 aliphatic heterocycles. The summed E-state index contributed by atoms with van der Waals surface area (Å²) in [6.45, 7) is 3.56. The zero-order chi connectivity index (χ0) is 18.8. The lowest BCUT2D eigenvalue weighted by molar-refractivity contribution is -0.132. The number of carbonyl (C=O) groups is 1. The number of pyridine rings is 1. The first-order valence-corrected chi connectivity index (χ1v) is 9.39. The Morgan fingerprint density at radius 3 is 2.67 bits per heavy atom. The second-order valence-electron chi connectivity index (χ2n) is 7.06. The van der Waals surface area contributed by atoms with E-state index in [-0.39, 0.29) is 17.5 Å². The summed E-state index contributed by atoms with van der Waals surface area (Å²) in [7, 11) is 1.72. The first kappa shape index (κ1) is 17.7. The Balaban J connectivity index is 1.61. The Bertz CT molecular complexity index is 876. The first-order valence-electron chi connectivity index (χ1n) is 9.39. The predicted octanol–water partition coefficient (Wildman–Crippen LogP) is 0.243. The molecule has 2 aromatic rings. The molecule has 2 fully saturated rings. The predicted molar refractivity (Wildman–Crippen MR) is 103 cm³/mol. The molecule has 2 aliphatic rings. The number of rotatable bonds is 3. The van der Waals surface area contributed by atoms with Gasteiger partial charge in [0.25, 0.3) is 5.56 Å². The SMILES string of the molecule is Cn1c(N2CCNC(C(=O)N3CCCC3)C2)nc(-c2ccncc2)cc1=O. The van der Waals surface area contributed by atoms with Crippen molar-refractivity contribution in [2.75, 3.05) is 37.6 Å². The van der Waals surface area contributed by atoms with Crippen molar-refractivity contribution in [3.63, 3.8) is 0 Å². The average Bonchev–Trinajstić information content (AvgIpc) is 3.25. The van der Waals surface area contributed by atoms with Crippen molar-refractivity contribution in [2.24, 2.45) is 7.05 Å². The zero-order valence-corrected chi connectivity index (χ0v) is 15.5. The first-order chi connectivity index (χ1) is 13.1. The summed E-state index contributed by atoms with van der Waals surface area (Å²) in [5.74, 6) is 0.738. The van der Waals surface area contributed by atoms with Crippen LogP contribution < -0.4 is 15.8 Å². The minimum absolute atomic E-state index is 0.118. The highest BCUT2D eigenvalue weighted by Gasteiger charge is 2.31. The van der Waals surface area contributed by atoms with Crippen LogP contribution in [-0.4, -0.2) is 64.1 Å². The Morgan fingerprint density at radius 1 is 1.19 bits per heavy atom. The van der Waals surface area contributed by atoms with Crippen molar-refractivity contribution >= 4 is 11.9 Å². The van der Waals surface area contributed by atoms with Gasteiger partial charge in [-0.05, 0) is 25.0 Å². The van der Waals surface area contributed by atoms with Gasteiger partial charge in [-0.15, -0.1) is 0 Å². The van der Waals surface area contributed by atoms with Crippen LogP contribution in [0, 0.1) is 0 Å². The van der Waals surface area contributed by atoms with Crippen LogP contribution in [0.25, 0.3) is 11.3 Å². The fraction of sp³-hybridized carbons (Fsp3) is 0.474. The Hall–Kier alpha value is -2.74. The molecule has 1 atom stereocenters. The smallest absolute Gasteiger partial charge is 0.255 e. The lowest BCUT2D eigenvalue weighted by atomic mass is 10.2. The van der Waals surface area contributed by atoms with Crippen molar-refractivity contribution in [1.82, 2.24) is 24.8 Å². The van der Waals surface area contributed by atoms with E-state index in [0.29, 0.717) is 31.3 Å². The van der Waals surface area contributed by atoms with Gasteiger partial charge in [-0.25, -0.2) is 4.98 Å². The number of carbonyl (C=O) groups excluding carboxylic acids is 1. The van der Waals surface area contributed by atoms with Gasteiger partial charge in [-0.1, -0.05) is 0 Å². The maximum absolute atomic E-state index is 12.8. The molecule has 0 spiro atoms. The van der Waals surface area contributed by atoms with Crippen molar-refractivity contribution in [1.29, 1.82) is 0 Å². The third kappa shape index (κ3) is 3.57. The number of anilines is 1. The molecular weight excluding hydrogens is 344 g/mol. The van der Waals surface area contributed by atoms with Crippen LogP contribution in [0.15, 0.2) is 35.4 Å². The monoisotopic (exact) mass is 368 g/mol. The quantitative estimate of drug-likeness (QED) is 0.836. The molecule has 0 aromatic carbocycles. The molecule has 2 aromatic heterocycles. The van der Waals surface area contributed by atoms with Crippen LogP contribution in [-0.2, 0) is 11.8 Å². The second-order valence-corrected chi connectivity index (χ2v) is 7.06. The molecule has 27 heavy (non-hydrogen) atoms. The van der Waals surface area contributed by atoms with Crippen molar-refractivity contribution < 1.29 is 4.79 Å². The highest BCUT2D eigenvalue weighted by atomic mass is 16.2. The van der Waals surface area contributed by atoms with E-state index in [1.807, 2.05) is 21.9 Å². The number of nitrogens with one attached hydrogen (secondary N) is 1. The van der Waals surface area contributed by atoms with E-state index in [1.165, 1.54) is 6.07 Å². The molecule has 2 saturated heterocycles. The van der Waals surface area contributed by atoms with E-state index in [1.54, 1.807) is 24.0 Å². The molecule has 0 bridgehead atoms. The molecule has 0 radical (unpaired) electrons. The number of piperazine rings is 1. The molecule has 1 unspecified atom stereocenters. The van der Waals surface area contributed by atoms with Crippen molar-refractivity contribution in [3.8, 4) is 11.3 Å². The van der Waals surface area contributed by atoms with Crippen molar-refractivity contribution in [3.05, 3.63) is 40.9 Å². The average molecular weight is 368 g/mol. The number of hydrogen-bond donors (Lipinski definition) is 1. The van der Waals surface area contributed by atoms with Gasteiger partial charge < -0.3 is 15.1 Å². The standard InChI is InChI=1S/C19H24N6O2/c1-23-17(26)12-15(14-4-6-20-7-5-14)22-19(23)25-11-8-21-16(13-25)18(27)24-9-2-3-10-24/h4-7,12,16,21H,2-3,8-11,13H2,1H3. The van der Waals surface area contributed by atoms with Gasteiger partial charge in [0.05, 0.1) is 5.69 Å². The Morgan fingerprint density at radius 2 is 1.93 bits per heavy atom. The van der Waals surface area contributed by atoms with Crippen molar-refractivity contribution in [2.45, 2.75) is 18.9 Å². The number of nitrogens with zero attached hydrogens (tertiary/aromatic N) is 5. The Labute approximate surface area is 157 Å². The maximum Gasteiger partial charge on any atom is 0.255 e. The molecular formula is C19H24N6O2. The number of aromatic nitrogens is 3. The van der Waals surface area contributed by atoms with Crippen LogP contribution in [0.1, 0.15) is 12.8 Å². The van der Waals surface area contributed by atoms with E-state index in [0.717, 1.165) is 31.5 Å². The van der Waals surface area contributed by atoms with E-state index in [9.17, 15) is 9.59 Å². The largest absolute Gasteiger partial charge is 0.341 e. The topological polar surface area (TPSA) is 83.4 Å². The third-order valence-electron chi connectivity index (χ3n) is 5.26. The zero-order valence-electron chi connectivity index (χ0n) is 15.5. The van der Waals surface area contributed by atoms with E-state index >= 15 is 0 Å². The minimum atomic E-state index is -0.265. The molecule has 8 heteroatoms. The van der Waals surface area contributed by atoms with Crippen LogP contribution in [0.2, 0.25) is 0 Å². The molecule has 8 nitrogen and oxygen atoms in total. The lowest BCUT2D eigenvalue weighted by Gasteiger charge is -2.35. The van der Waals surface area contributed by atoms with Gasteiger partial charge >= 0.3 is 0 Å². The summed E-state index contributed by atoms with van der Waals surface area (Å²) >= 11 is 0. The van der Waals surface area contributed by atoms with Crippen LogP contribution >= 0.6 is 0 Å². The van der Waals surface area contributed by atoms with Crippen LogP contribution in [0.4, 0.5) is 5.95 Å². The van der Waals surface area contributed by atoms with E-state index in [2.05, 4.69) is 10.3 Å². The molecule has 4 heterocycles.